The number of rotatable bonds is 6. The molecule has 0 aliphatic rings. The van der Waals surface area contributed by atoms with Crippen molar-refractivity contribution in [2.45, 2.75) is 20.8 Å². The fourth-order valence-electron chi connectivity index (χ4n) is 0.553. The quantitative estimate of drug-likeness (QED) is 0.480. The predicted molar refractivity (Wildman–Crippen MR) is 50.9 cm³/mol. The molecule has 0 spiro atoms. The van der Waals surface area contributed by atoms with E-state index in [1.165, 1.54) is 0 Å². The van der Waals surface area contributed by atoms with Crippen LogP contribution in [0.5, 0.6) is 0 Å². The topological polar surface area (TPSA) is 27.7 Å². The molecule has 0 aliphatic heterocycles. The molecule has 13 heteroatoms. The third-order valence-electron chi connectivity index (χ3n) is 0.908. The van der Waals surface area contributed by atoms with Crippen LogP contribution < -0.4 is 0 Å². The van der Waals surface area contributed by atoms with E-state index in [1.54, 1.807) is 0 Å². The van der Waals surface area contributed by atoms with Gasteiger partial charge in [-0.15, -0.1) is 0 Å². The van der Waals surface area contributed by atoms with Crippen LogP contribution in [0.15, 0.2) is 0 Å². The van der Waals surface area contributed by atoms with E-state index in [9.17, 15) is 26.5 Å². The van der Waals surface area contributed by atoms with Crippen molar-refractivity contribution < 1.29 is 53.9 Å². The second kappa shape index (κ2) is 3.87. The van der Waals surface area contributed by atoms with Gasteiger partial charge in [-0.2, -0.15) is 0 Å². The van der Waals surface area contributed by atoms with E-state index < -0.39 is 23.6 Å². The molecule has 19 heavy (non-hydrogen) atoms. The third-order valence-corrected chi connectivity index (χ3v) is 2.72. The van der Waals surface area contributed by atoms with Crippen molar-refractivity contribution >= 4 is 9.53 Å². The van der Waals surface area contributed by atoms with Crippen LogP contribution in [0.25, 0.3) is 0 Å². The van der Waals surface area contributed by atoms with Gasteiger partial charge in [-0.3, -0.25) is 0 Å². The van der Waals surface area contributed by atoms with Gasteiger partial charge in [0.25, 0.3) is 0 Å². The van der Waals surface area contributed by atoms with Crippen LogP contribution in [0, 0.1) is 0 Å². The summed E-state index contributed by atoms with van der Waals surface area (Å²) < 4.78 is 95.1. The summed E-state index contributed by atoms with van der Waals surface area (Å²) in [5.41, 5.74) is 0. The second-order valence-electron chi connectivity index (χ2n) is 3.07. The van der Waals surface area contributed by atoms with E-state index in [0.717, 1.165) is 0 Å². The van der Waals surface area contributed by atoms with Crippen LogP contribution in [0.4, 0.5) is 26.5 Å². The summed E-state index contributed by atoms with van der Waals surface area (Å²) in [5.74, 6) is 0. The second-order valence-corrected chi connectivity index (χ2v) is 11.6. The Morgan fingerprint density at radius 3 is 0.895 bits per heavy atom. The van der Waals surface area contributed by atoms with E-state index in [-0.39, 0.29) is 0 Å². The van der Waals surface area contributed by atoms with Gasteiger partial charge >= 0.3 is 50.1 Å². The fraction of sp³-hybridized carbons (Fsp3) is 1.00. The van der Waals surface area contributed by atoms with Crippen LogP contribution in [0.2, 0.25) is 0 Å². The molecule has 0 aromatic carbocycles. The molecule has 0 saturated heterocycles. The number of hydrogen-bond acceptors (Lipinski definition) is 3. The van der Waals surface area contributed by atoms with Gasteiger partial charge in [-0.25, -0.2) is 0 Å². The molecule has 0 aliphatic carbocycles. The molecule has 0 amide bonds. The maximum absolute atomic E-state index is 15.1. The molecule has 0 fully saturated rings. The molecular formula is C6H16F8O3RuSi. The van der Waals surface area contributed by atoms with Crippen molar-refractivity contribution in [3.05, 3.63) is 0 Å². The average molecular weight is 417 g/mol. The van der Waals surface area contributed by atoms with E-state index in [1.807, 2.05) is 20.8 Å². The summed E-state index contributed by atoms with van der Waals surface area (Å²) in [6.45, 7) is 7.86. The zero-order chi connectivity index (χ0) is 16.2. The van der Waals surface area contributed by atoms with E-state index >= 15 is 0 Å². The molecule has 0 heterocycles. The SMILES string of the molecule is CCO[SiH](OCC)OCC.[F][Ru]([F])([F])([F])([F])([F])([F])[F]. The van der Waals surface area contributed by atoms with Crippen molar-refractivity contribution in [2.75, 3.05) is 19.8 Å². The molecule has 0 radical (unpaired) electrons. The minimum absolute atomic E-state index is 0.677. The summed E-state index contributed by atoms with van der Waals surface area (Å²) in [5, 5.41) is 0. The maximum atomic E-state index is 9.93. The van der Waals surface area contributed by atoms with Gasteiger partial charge in [0.2, 0.25) is 0 Å². The molecule has 0 aromatic rings. The first-order valence-corrected chi connectivity index (χ1v) is 11.4. The zero-order valence-electron chi connectivity index (χ0n) is 10.3. The van der Waals surface area contributed by atoms with Crippen molar-refractivity contribution in [1.29, 1.82) is 0 Å². The van der Waals surface area contributed by atoms with Gasteiger partial charge in [-0.05, 0) is 20.8 Å². The van der Waals surface area contributed by atoms with Crippen molar-refractivity contribution in [3.63, 3.8) is 0 Å². The number of hydrogen-bond donors (Lipinski definition) is 0. The van der Waals surface area contributed by atoms with Crippen molar-refractivity contribution in [2.24, 2.45) is 0 Å². The Balaban J connectivity index is 0. The van der Waals surface area contributed by atoms with Gasteiger partial charge in [-0.1, -0.05) is 0 Å². The average Bonchev–Trinajstić information content (AvgIpc) is 1.98. The Morgan fingerprint density at radius 2 is 0.789 bits per heavy atom. The first-order valence-electron chi connectivity index (χ1n) is 4.76. The number of halogens is 8. The van der Waals surface area contributed by atoms with Crippen LogP contribution in [0.3, 0.4) is 0 Å². The Morgan fingerprint density at radius 1 is 0.632 bits per heavy atom. The molecule has 0 bridgehead atoms. The molecule has 0 aromatic heterocycles. The molecule has 0 saturated carbocycles. The van der Waals surface area contributed by atoms with Crippen LogP contribution >= 0.6 is 0 Å². The van der Waals surface area contributed by atoms with Crippen LogP contribution in [0.1, 0.15) is 20.8 Å². The fourth-order valence-corrected chi connectivity index (χ4v) is 1.66. The first-order chi connectivity index (χ1) is 7.67. The summed E-state index contributed by atoms with van der Waals surface area (Å²) in [6, 6.07) is 0. The summed E-state index contributed by atoms with van der Waals surface area (Å²) >= 11 is -15.1. The van der Waals surface area contributed by atoms with Crippen molar-refractivity contribution in [3.8, 4) is 0 Å². The Labute approximate surface area is 104 Å². The summed E-state index contributed by atoms with van der Waals surface area (Å²) in [6.07, 6.45) is 0. The Hall–Kier alpha value is 0.160. The molecule has 0 atom stereocenters. The first kappa shape index (κ1) is 21.5. The van der Waals surface area contributed by atoms with Gasteiger partial charge in [0, 0.05) is 19.8 Å². The molecule has 126 valence electrons. The third kappa shape index (κ3) is 56.5. The Kier molecular flexibility index (Phi) is 4.37. The minimum atomic E-state index is -15.1. The zero-order valence-corrected chi connectivity index (χ0v) is 13.2. The van der Waals surface area contributed by atoms with Crippen LogP contribution in [-0.2, 0) is 27.3 Å². The van der Waals surface area contributed by atoms with Gasteiger partial charge < -0.3 is 13.3 Å². The van der Waals surface area contributed by atoms with E-state index in [0.29, 0.717) is 19.8 Å². The molecule has 0 unspecified atom stereocenters. The van der Waals surface area contributed by atoms with E-state index in [2.05, 4.69) is 0 Å². The molecule has 0 N–H and O–H groups in total. The monoisotopic (exact) mass is 418 g/mol. The molecule has 0 rings (SSSR count). The Bertz CT molecular complexity index is 273. The predicted octanol–water partition coefficient (Wildman–Crippen LogP) is 4.17. The molecular weight excluding hydrogens is 401 g/mol. The normalized spacial score (nSPS) is 20.4. The van der Waals surface area contributed by atoms with Crippen molar-refractivity contribution in [1.82, 2.24) is 0 Å². The standard InChI is InChI=1S/C6H16O3Si.8FH.Ru/c1-4-7-10(8-5-2)9-6-3;;;;;;;;;/h10H,4-6H2,1-3H3;8*1H;/q;;;;;;;;;+8/p-8. The summed E-state index contributed by atoms with van der Waals surface area (Å²) in [7, 11) is -1.73. The van der Waals surface area contributed by atoms with E-state index in [4.69, 9.17) is 13.3 Å². The van der Waals surface area contributed by atoms with Gasteiger partial charge in [0.05, 0.1) is 0 Å². The summed E-state index contributed by atoms with van der Waals surface area (Å²) in [4.78, 5) is 0. The van der Waals surface area contributed by atoms with Crippen LogP contribution in [-0.4, -0.2) is 29.3 Å². The van der Waals surface area contributed by atoms with Gasteiger partial charge in [0.1, 0.15) is 0 Å². The van der Waals surface area contributed by atoms with Gasteiger partial charge in [0.15, 0.2) is 0 Å². The molecule has 3 nitrogen and oxygen atoms in total.